The number of hydrogen-bond donors (Lipinski definition) is 3. The first-order valence-electron chi connectivity index (χ1n) is 10.9. The smallest absolute Gasteiger partial charge is 0.306 e. The zero-order chi connectivity index (χ0) is 25.0. The van der Waals surface area contributed by atoms with E-state index in [1.165, 1.54) is 36.5 Å². The molecule has 0 bridgehead atoms. The van der Waals surface area contributed by atoms with Crippen LogP contribution in [-0.4, -0.2) is 42.2 Å². The van der Waals surface area contributed by atoms with Crippen LogP contribution in [0.5, 0.6) is 0 Å². The van der Waals surface area contributed by atoms with Crippen LogP contribution in [0.15, 0.2) is 59.8 Å². The fraction of sp³-hybridized carbons (Fsp3) is 0.375. The second-order valence-electron chi connectivity index (χ2n) is 7.43. The van der Waals surface area contributed by atoms with Gasteiger partial charge in [0.2, 0.25) is 0 Å². The van der Waals surface area contributed by atoms with Crippen molar-refractivity contribution in [2.24, 2.45) is 4.99 Å². The number of nitrogens with zero attached hydrogens (tertiary/aromatic N) is 3. The molecular weight excluding hydrogens is 448 g/mol. The van der Waals surface area contributed by atoms with E-state index in [1.54, 1.807) is 32.2 Å². The Morgan fingerprint density at radius 2 is 1.68 bits per heavy atom. The molecule has 10 heteroatoms. The maximum absolute atomic E-state index is 14.8. The zero-order valence-electron chi connectivity index (χ0n) is 19.5. The van der Waals surface area contributed by atoms with Gasteiger partial charge in [-0.2, -0.15) is 17.6 Å². The van der Waals surface area contributed by atoms with E-state index in [9.17, 15) is 17.6 Å². The van der Waals surface area contributed by atoms with Crippen molar-refractivity contribution in [2.75, 3.05) is 36.1 Å². The van der Waals surface area contributed by atoms with E-state index in [0.717, 1.165) is 18.4 Å². The lowest BCUT2D eigenvalue weighted by atomic mass is 10.1. The second kappa shape index (κ2) is 12.7. The Morgan fingerprint density at radius 3 is 2.32 bits per heavy atom. The number of aliphatic imine (C=N–C) groups is 1. The lowest BCUT2D eigenvalue weighted by Crippen LogP contribution is -2.29. The van der Waals surface area contributed by atoms with E-state index in [2.05, 4.69) is 30.9 Å². The molecule has 0 saturated heterocycles. The van der Waals surface area contributed by atoms with Gasteiger partial charge in [0.25, 0.3) is 5.92 Å². The molecule has 2 aromatic rings. The number of rotatable bonds is 13. The Hall–Kier alpha value is -3.43. The summed E-state index contributed by atoms with van der Waals surface area (Å²) < 4.78 is 57.4. The minimum absolute atomic E-state index is 0.116. The Bertz CT molecular complexity index is 1000. The van der Waals surface area contributed by atoms with E-state index in [0.29, 0.717) is 12.0 Å². The molecule has 2 heterocycles. The van der Waals surface area contributed by atoms with Crippen molar-refractivity contribution in [3.63, 3.8) is 0 Å². The van der Waals surface area contributed by atoms with Crippen LogP contribution >= 0.6 is 0 Å². The van der Waals surface area contributed by atoms with Gasteiger partial charge in [0.05, 0.1) is 19.3 Å². The number of nitrogens with one attached hydrogen (secondary N) is 3. The number of pyridine rings is 2. The summed E-state index contributed by atoms with van der Waals surface area (Å²) in [5.41, 5.74) is 0.495. The molecule has 2 rings (SSSR count). The molecule has 0 aliphatic heterocycles. The van der Waals surface area contributed by atoms with Crippen LogP contribution in [0.4, 0.5) is 35.0 Å². The van der Waals surface area contributed by atoms with Gasteiger partial charge < -0.3 is 16.0 Å². The first-order chi connectivity index (χ1) is 16.2. The summed E-state index contributed by atoms with van der Waals surface area (Å²) in [5.74, 6) is -5.84. The molecular formula is C24H30F4N6. The second-order valence-corrected chi connectivity index (χ2v) is 7.43. The third-order valence-corrected chi connectivity index (χ3v) is 4.59. The molecule has 0 aliphatic rings. The zero-order valence-corrected chi connectivity index (χ0v) is 19.5. The number of aromatic nitrogens is 2. The van der Waals surface area contributed by atoms with Gasteiger partial charge in [-0.25, -0.2) is 9.97 Å². The van der Waals surface area contributed by atoms with Gasteiger partial charge in [0.15, 0.2) is 0 Å². The van der Waals surface area contributed by atoms with E-state index in [1.807, 2.05) is 6.92 Å². The fourth-order valence-corrected chi connectivity index (χ4v) is 2.92. The monoisotopic (exact) mass is 478 g/mol. The first-order valence-corrected chi connectivity index (χ1v) is 10.9. The quantitative estimate of drug-likeness (QED) is 0.190. The highest BCUT2D eigenvalue weighted by atomic mass is 19.3. The molecule has 0 fully saturated rings. The Balaban J connectivity index is 2.00. The third-order valence-electron chi connectivity index (χ3n) is 4.59. The standard InChI is InChI=1S/C24H30F4N6/c1-4-6-7-14-30-15-23(25,26)16-31-20-10-8-11-21(34-20)32-17-24(27,28)19-13-12-18(9-5-2)22(29-3)33-19/h4,6-8,10-15H,5,9,16-17H2,1-3H3,(H,29,33)(H2,31,32,34)/b6-4-,14-7-,30-15?. The van der Waals surface area contributed by atoms with Crippen LogP contribution in [-0.2, 0) is 12.3 Å². The SMILES string of the molecule is C/C=C\C=C/N=CC(F)(F)CNc1cccc(NCC(F)(F)c2ccc(CCC)c(NC)n2)n1. The van der Waals surface area contributed by atoms with Gasteiger partial charge in [-0.3, -0.25) is 4.99 Å². The number of halogens is 4. The first kappa shape index (κ1) is 26.8. The number of anilines is 3. The van der Waals surface area contributed by atoms with Crippen LogP contribution < -0.4 is 16.0 Å². The molecule has 0 aliphatic carbocycles. The van der Waals surface area contributed by atoms with Crippen molar-refractivity contribution in [1.29, 1.82) is 0 Å². The van der Waals surface area contributed by atoms with E-state index in [-0.39, 0.29) is 17.3 Å². The largest absolute Gasteiger partial charge is 0.373 e. The van der Waals surface area contributed by atoms with E-state index >= 15 is 0 Å². The minimum atomic E-state index is -3.27. The molecule has 184 valence electrons. The van der Waals surface area contributed by atoms with Gasteiger partial charge in [0, 0.05) is 13.2 Å². The molecule has 0 amide bonds. The lowest BCUT2D eigenvalue weighted by Gasteiger charge is -2.19. The van der Waals surface area contributed by atoms with Crippen molar-refractivity contribution in [1.82, 2.24) is 9.97 Å². The Morgan fingerprint density at radius 1 is 0.971 bits per heavy atom. The van der Waals surface area contributed by atoms with E-state index < -0.39 is 24.9 Å². The Labute approximate surface area is 197 Å². The molecule has 0 aromatic carbocycles. The van der Waals surface area contributed by atoms with Crippen molar-refractivity contribution in [3.05, 3.63) is 66.0 Å². The predicted molar refractivity (Wildman–Crippen MR) is 130 cm³/mol. The molecule has 6 nitrogen and oxygen atoms in total. The normalized spacial score (nSPS) is 12.7. The summed E-state index contributed by atoms with van der Waals surface area (Å²) in [7, 11) is 1.64. The number of alkyl halides is 4. The van der Waals surface area contributed by atoms with Gasteiger partial charge >= 0.3 is 5.92 Å². The summed E-state index contributed by atoms with van der Waals surface area (Å²) in [4.78, 5) is 11.7. The van der Waals surface area contributed by atoms with Gasteiger partial charge in [0.1, 0.15) is 23.1 Å². The average molecular weight is 479 g/mol. The van der Waals surface area contributed by atoms with Crippen molar-refractivity contribution in [2.45, 2.75) is 38.5 Å². The molecule has 3 N–H and O–H groups in total. The van der Waals surface area contributed by atoms with Crippen LogP contribution in [0, 0.1) is 0 Å². The van der Waals surface area contributed by atoms with Crippen LogP contribution in [0.1, 0.15) is 31.5 Å². The maximum Gasteiger partial charge on any atom is 0.306 e. The third kappa shape index (κ3) is 8.49. The van der Waals surface area contributed by atoms with Crippen LogP contribution in [0.2, 0.25) is 0 Å². The predicted octanol–water partition coefficient (Wildman–Crippen LogP) is 5.88. The fourth-order valence-electron chi connectivity index (χ4n) is 2.92. The van der Waals surface area contributed by atoms with Crippen molar-refractivity contribution < 1.29 is 17.6 Å². The number of hydrogen-bond acceptors (Lipinski definition) is 6. The molecule has 2 aromatic heterocycles. The molecule has 0 atom stereocenters. The summed E-state index contributed by atoms with van der Waals surface area (Å²) >= 11 is 0. The van der Waals surface area contributed by atoms with Crippen molar-refractivity contribution in [3.8, 4) is 0 Å². The molecule has 0 radical (unpaired) electrons. The van der Waals surface area contributed by atoms with Crippen LogP contribution in [0.3, 0.4) is 0 Å². The van der Waals surface area contributed by atoms with Crippen molar-refractivity contribution >= 4 is 23.7 Å². The van der Waals surface area contributed by atoms with Crippen LogP contribution in [0.25, 0.3) is 0 Å². The molecule has 34 heavy (non-hydrogen) atoms. The Kier molecular flexibility index (Phi) is 10.0. The minimum Gasteiger partial charge on any atom is -0.373 e. The highest BCUT2D eigenvalue weighted by molar-refractivity contribution is 5.68. The summed E-state index contributed by atoms with van der Waals surface area (Å²) in [6.07, 6.45) is 8.32. The summed E-state index contributed by atoms with van der Waals surface area (Å²) in [6, 6.07) is 7.43. The maximum atomic E-state index is 14.8. The lowest BCUT2D eigenvalue weighted by molar-refractivity contribution is 0.00603. The highest BCUT2D eigenvalue weighted by Gasteiger charge is 2.34. The number of aryl methyl sites for hydroxylation is 1. The molecule has 0 unspecified atom stereocenters. The molecule has 0 saturated carbocycles. The van der Waals surface area contributed by atoms with E-state index in [4.69, 9.17) is 0 Å². The summed E-state index contributed by atoms with van der Waals surface area (Å²) in [5, 5.41) is 7.92. The number of allylic oxidation sites excluding steroid dienone is 3. The van der Waals surface area contributed by atoms with Gasteiger partial charge in [-0.1, -0.05) is 37.6 Å². The topological polar surface area (TPSA) is 74.2 Å². The highest BCUT2D eigenvalue weighted by Crippen LogP contribution is 2.29. The average Bonchev–Trinajstić information content (AvgIpc) is 2.82. The van der Waals surface area contributed by atoms with Gasteiger partial charge in [-0.15, -0.1) is 0 Å². The molecule has 0 spiro atoms. The van der Waals surface area contributed by atoms with Gasteiger partial charge in [-0.05, 0) is 43.2 Å². The summed E-state index contributed by atoms with van der Waals surface area (Å²) in [6.45, 7) is 2.29.